The maximum Gasteiger partial charge on any atom is 0.416 e. The van der Waals surface area contributed by atoms with E-state index in [9.17, 15) is 21.6 Å². The zero-order chi connectivity index (χ0) is 21.9. The van der Waals surface area contributed by atoms with Gasteiger partial charge in [0.15, 0.2) is 0 Å². The fraction of sp³-hybridized carbons (Fsp3) is 0.455. The van der Waals surface area contributed by atoms with Crippen LogP contribution in [0.25, 0.3) is 0 Å². The van der Waals surface area contributed by atoms with Gasteiger partial charge in [0.25, 0.3) is 0 Å². The summed E-state index contributed by atoms with van der Waals surface area (Å²) in [7, 11) is -3.26. The average Bonchev–Trinajstić information content (AvgIpc) is 2.67. The van der Waals surface area contributed by atoms with Gasteiger partial charge in [-0.3, -0.25) is 4.90 Å². The van der Waals surface area contributed by atoms with Crippen LogP contribution in [0.2, 0.25) is 0 Å². The predicted octanol–water partition coefficient (Wildman–Crippen LogP) is 4.70. The molecule has 1 aliphatic heterocycles. The first kappa shape index (κ1) is 22.8. The first-order valence-electron chi connectivity index (χ1n) is 9.97. The average molecular weight is 441 g/mol. The van der Waals surface area contributed by atoms with E-state index in [2.05, 4.69) is 9.62 Å². The van der Waals surface area contributed by atoms with E-state index in [1.54, 1.807) is 13.0 Å². The van der Waals surface area contributed by atoms with Crippen LogP contribution in [0.4, 0.5) is 13.2 Å². The number of nitrogens with one attached hydrogen (secondary N) is 1. The molecule has 1 N–H and O–H groups in total. The first-order chi connectivity index (χ1) is 14.0. The van der Waals surface area contributed by atoms with Gasteiger partial charge in [0.1, 0.15) is 0 Å². The van der Waals surface area contributed by atoms with E-state index in [1.807, 2.05) is 24.3 Å². The van der Waals surface area contributed by atoms with Crippen LogP contribution in [0.3, 0.4) is 0 Å². The van der Waals surface area contributed by atoms with Gasteiger partial charge in [0, 0.05) is 12.6 Å². The molecule has 1 fully saturated rings. The van der Waals surface area contributed by atoms with Gasteiger partial charge in [-0.1, -0.05) is 42.5 Å². The zero-order valence-electron chi connectivity index (χ0n) is 17.1. The van der Waals surface area contributed by atoms with Crippen molar-refractivity contribution >= 4 is 10.0 Å². The molecular formula is C22H27F3N2O2S. The smallest absolute Gasteiger partial charge is 0.299 e. The van der Waals surface area contributed by atoms with Crippen molar-refractivity contribution in [2.75, 3.05) is 19.3 Å². The minimum Gasteiger partial charge on any atom is -0.299 e. The molecule has 0 spiro atoms. The van der Waals surface area contributed by atoms with E-state index in [0.29, 0.717) is 0 Å². The normalized spacial score (nSPS) is 17.8. The SMILES string of the molecule is C[C@@H](NS(C)(=O)=O)c1ccc(CN2CCC(c3cccc(C(F)(F)F)c3)CC2)cc1. The molecule has 0 radical (unpaired) electrons. The monoisotopic (exact) mass is 440 g/mol. The lowest BCUT2D eigenvalue weighted by Gasteiger charge is -2.32. The van der Waals surface area contributed by atoms with Crippen molar-refractivity contribution in [3.63, 3.8) is 0 Å². The lowest BCUT2D eigenvalue weighted by molar-refractivity contribution is -0.137. The molecule has 3 rings (SSSR count). The maximum absolute atomic E-state index is 13.0. The molecule has 164 valence electrons. The number of alkyl halides is 3. The van der Waals surface area contributed by atoms with Crippen molar-refractivity contribution in [1.29, 1.82) is 0 Å². The summed E-state index contributed by atoms with van der Waals surface area (Å²) < 4.78 is 64.2. The van der Waals surface area contributed by atoms with Gasteiger partial charge in [-0.15, -0.1) is 0 Å². The third-order valence-electron chi connectivity index (χ3n) is 5.55. The number of rotatable bonds is 6. The lowest BCUT2D eigenvalue weighted by atomic mass is 9.88. The first-order valence-corrected chi connectivity index (χ1v) is 11.9. The van der Waals surface area contributed by atoms with Crippen LogP contribution in [-0.4, -0.2) is 32.7 Å². The lowest BCUT2D eigenvalue weighted by Crippen LogP contribution is -2.32. The largest absolute Gasteiger partial charge is 0.416 e. The molecule has 4 nitrogen and oxygen atoms in total. The van der Waals surface area contributed by atoms with Crippen LogP contribution in [0.5, 0.6) is 0 Å². The summed E-state index contributed by atoms with van der Waals surface area (Å²) in [5, 5.41) is 0. The molecule has 0 amide bonds. The Morgan fingerprint density at radius 2 is 1.73 bits per heavy atom. The number of benzene rings is 2. The number of sulfonamides is 1. The third-order valence-corrected chi connectivity index (χ3v) is 6.33. The fourth-order valence-electron chi connectivity index (χ4n) is 3.95. The van der Waals surface area contributed by atoms with Gasteiger partial charge in [-0.05, 0) is 61.5 Å². The minimum absolute atomic E-state index is 0.147. The number of hydrogen-bond donors (Lipinski definition) is 1. The number of nitrogens with zero attached hydrogens (tertiary/aromatic N) is 1. The van der Waals surface area contributed by atoms with E-state index < -0.39 is 21.8 Å². The highest BCUT2D eigenvalue weighted by Crippen LogP contribution is 2.34. The van der Waals surface area contributed by atoms with Crippen molar-refractivity contribution in [3.8, 4) is 0 Å². The van der Waals surface area contributed by atoms with Crippen molar-refractivity contribution in [2.24, 2.45) is 0 Å². The van der Waals surface area contributed by atoms with E-state index in [-0.39, 0.29) is 12.0 Å². The quantitative estimate of drug-likeness (QED) is 0.709. The number of hydrogen-bond acceptors (Lipinski definition) is 3. The summed E-state index contributed by atoms with van der Waals surface area (Å²) in [6.45, 7) is 4.22. The minimum atomic E-state index is -4.31. The molecule has 8 heteroatoms. The summed E-state index contributed by atoms with van der Waals surface area (Å²) in [6, 6.07) is 13.2. The molecule has 1 heterocycles. The number of halogens is 3. The molecular weight excluding hydrogens is 413 g/mol. The van der Waals surface area contributed by atoms with Gasteiger partial charge >= 0.3 is 6.18 Å². The van der Waals surface area contributed by atoms with Crippen LogP contribution >= 0.6 is 0 Å². The van der Waals surface area contributed by atoms with E-state index >= 15 is 0 Å². The highest BCUT2D eigenvalue weighted by atomic mass is 32.2. The maximum atomic E-state index is 13.0. The summed E-state index contributed by atoms with van der Waals surface area (Å²) in [6.07, 6.45) is -1.51. The second-order valence-corrected chi connectivity index (χ2v) is 9.81. The molecule has 0 bridgehead atoms. The second kappa shape index (κ2) is 9.08. The van der Waals surface area contributed by atoms with Crippen molar-refractivity contribution < 1.29 is 21.6 Å². The van der Waals surface area contributed by atoms with Gasteiger partial charge in [-0.2, -0.15) is 13.2 Å². The van der Waals surface area contributed by atoms with Crippen LogP contribution < -0.4 is 4.72 Å². The Hall–Kier alpha value is -1.90. The predicted molar refractivity (Wildman–Crippen MR) is 112 cm³/mol. The van der Waals surface area contributed by atoms with Crippen LogP contribution in [0, 0.1) is 0 Å². The molecule has 1 saturated heterocycles. The van der Waals surface area contributed by atoms with Gasteiger partial charge in [0.2, 0.25) is 10.0 Å². The highest BCUT2D eigenvalue weighted by Gasteiger charge is 2.31. The molecule has 2 aromatic carbocycles. The molecule has 0 saturated carbocycles. The van der Waals surface area contributed by atoms with Crippen molar-refractivity contribution in [2.45, 2.75) is 44.4 Å². The standard InChI is InChI=1S/C22H27F3N2O2S/c1-16(26-30(2,28)29)18-8-6-17(7-9-18)15-27-12-10-19(11-13-27)20-4-3-5-21(14-20)22(23,24)25/h3-9,14,16,19,26H,10-13,15H2,1-2H3/t16-/m1/s1. The van der Waals surface area contributed by atoms with Crippen LogP contribution in [0.15, 0.2) is 48.5 Å². The number of likely N-dealkylation sites (tertiary alicyclic amines) is 1. The van der Waals surface area contributed by atoms with Gasteiger partial charge in [0.05, 0.1) is 11.8 Å². The van der Waals surface area contributed by atoms with Crippen LogP contribution in [-0.2, 0) is 22.7 Å². The topological polar surface area (TPSA) is 49.4 Å². The molecule has 1 atom stereocenters. The van der Waals surface area contributed by atoms with Crippen molar-refractivity contribution in [3.05, 3.63) is 70.8 Å². The van der Waals surface area contributed by atoms with Crippen molar-refractivity contribution in [1.82, 2.24) is 9.62 Å². The Labute approximate surface area is 176 Å². The molecule has 2 aromatic rings. The van der Waals surface area contributed by atoms with E-state index in [0.717, 1.165) is 61.5 Å². The molecule has 0 aromatic heterocycles. The Balaban J connectivity index is 1.55. The molecule has 30 heavy (non-hydrogen) atoms. The Morgan fingerprint density at radius 3 is 2.30 bits per heavy atom. The summed E-state index contributed by atoms with van der Waals surface area (Å²) in [4.78, 5) is 2.30. The second-order valence-electron chi connectivity index (χ2n) is 8.03. The fourth-order valence-corrected chi connectivity index (χ4v) is 4.73. The highest BCUT2D eigenvalue weighted by molar-refractivity contribution is 7.88. The molecule has 1 aliphatic rings. The zero-order valence-corrected chi connectivity index (χ0v) is 17.9. The Kier molecular flexibility index (Phi) is 6.89. The third kappa shape index (κ3) is 6.30. The van der Waals surface area contributed by atoms with Crippen LogP contribution in [0.1, 0.15) is 54.0 Å². The summed E-state index contributed by atoms with van der Waals surface area (Å²) in [5.74, 6) is 0.147. The summed E-state index contributed by atoms with van der Waals surface area (Å²) in [5.41, 5.74) is 2.21. The van der Waals surface area contributed by atoms with Gasteiger partial charge in [-0.25, -0.2) is 13.1 Å². The molecule has 0 unspecified atom stereocenters. The molecule has 0 aliphatic carbocycles. The Bertz CT molecular complexity index is 951. The summed E-state index contributed by atoms with van der Waals surface area (Å²) >= 11 is 0. The van der Waals surface area contributed by atoms with E-state index in [4.69, 9.17) is 0 Å². The Morgan fingerprint density at radius 1 is 1.10 bits per heavy atom. The number of piperidine rings is 1. The van der Waals surface area contributed by atoms with Gasteiger partial charge < -0.3 is 0 Å². The van der Waals surface area contributed by atoms with E-state index in [1.165, 1.54) is 12.1 Å².